The summed E-state index contributed by atoms with van der Waals surface area (Å²) < 4.78 is 0. The van der Waals surface area contributed by atoms with E-state index in [9.17, 15) is 0 Å². The molecule has 0 rings (SSSR count). The first-order valence-corrected chi connectivity index (χ1v) is 0. The molecule has 3 nitrogen and oxygen atoms in total. The van der Waals surface area contributed by atoms with Crippen molar-refractivity contribution in [3.8, 4) is 0 Å². The molecule has 0 saturated heterocycles. The molecule has 0 aromatic heterocycles. The SMILES string of the molecule is [Li+].[OH-].[OH-].[OH-].[Zn+2]. The van der Waals surface area contributed by atoms with Crippen molar-refractivity contribution >= 4 is 0 Å². The zero-order valence-electron chi connectivity index (χ0n) is 3.05. The third-order valence-electron chi connectivity index (χ3n) is 0. The largest absolute Gasteiger partial charge is 2.00 e. The molecule has 0 bridgehead atoms. The number of rotatable bonds is 0. The van der Waals surface area contributed by atoms with Crippen LogP contribution < -0.4 is 18.9 Å². The van der Waals surface area contributed by atoms with Crippen molar-refractivity contribution in [3.63, 3.8) is 0 Å². The van der Waals surface area contributed by atoms with Crippen LogP contribution in [-0.4, -0.2) is 16.4 Å². The van der Waals surface area contributed by atoms with Gasteiger partial charge in [0.1, 0.15) is 0 Å². The van der Waals surface area contributed by atoms with Crippen LogP contribution in [-0.2, 0) is 19.5 Å². The van der Waals surface area contributed by atoms with Crippen LogP contribution in [0, 0.1) is 0 Å². The summed E-state index contributed by atoms with van der Waals surface area (Å²) in [7, 11) is 0. The number of hydrogen-bond acceptors (Lipinski definition) is 3. The van der Waals surface area contributed by atoms with Gasteiger partial charge >= 0.3 is 38.3 Å². The molecule has 5 heavy (non-hydrogen) atoms. The molecule has 0 radical (unpaired) electrons. The van der Waals surface area contributed by atoms with Crippen molar-refractivity contribution in [1.29, 1.82) is 0 Å². The van der Waals surface area contributed by atoms with Crippen LogP contribution in [0.3, 0.4) is 0 Å². The summed E-state index contributed by atoms with van der Waals surface area (Å²) in [6, 6.07) is 0. The summed E-state index contributed by atoms with van der Waals surface area (Å²) in [4.78, 5) is 0. The van der Waals surface area contributed by atoms with E-state index in [4.69, 9.17) is 0 Å². The van der Waals surface area contributed by atoms with Crippen LogP contribution in [0.4, 0.5) is 0 Å². The standard InChI is InChI=1S/Li.3H2O.Zn/h;3*1H2;/q+1;;;;+2/p-3. The van der Waals surface area contributed by atoms with Crippen molar-refractivity contribution in [3.05, 3.63) is 0 Å². The second kappa shape index (κ2) is 70.8. The maximum Gasteiger partial charge on any atom is 2.00 e. The Morgan fingerprint density at radius 1 is 0.600 bits per heavy atom. The van der Waals surface area contributed by atoms with Gasteiger partial charge in [-0.1, -0.05) is 0 Å². The van der Waals surface area contributed by atoms with Crippen molar-refractivity contribution in [2.24, 2.45) is 0 Å². The van der Waals surface area contributed by atoms with Gasteiger partial charge in [-0.15, -0.1) is 0 Å². The summed E-state index contributed by atoms with van der Waals surface area (Å²) in [5.74, 6) is 0. The summed E-state index contributed by atoms with van der Waals surface area (Å²) in [6.07, 6.45) is 0. The van der Waals surface area contributed by atoms with Gasteiger partial charge in [-0.05, 0) is 0 Å². The molecule has 0 heterocycles. The van der Waals surface area contributed by atoms with Crippen LogP contribution in [0.1, 0.15) is 0 Å². The molecule has 0 amide bonds. The van der Waals surface area contributed by atoms with E-state index in [-0.39, 0.29) is 54.8 Å². The molecule has 0 atom stereocenters. The minimum Gasteiger partial charge on any atom is -0.870 e. The second-order valence-corrected chi connectivity index (χ2v) is 0. The Bertz CT molecular complexity index is 6.85. The van der Waals surface area contributed by atoms with Gasteiger partial charge in [-0.3, -0.25) is 0 Å². The first-order valence-electron chi connectivity index (χ1n) is 0. The maximum absolute atomic E-state index is 0. The molecule has 3 N–H and O–H groups in total. The van der Waals surface area contributed by atoms with Gasteiger partial charge in [0.15, 0.2) is 0 Å². The van der Waals surface area contributed by atoms with E-state index in [1.165, 1.54) is 0 Å². The van der Waals surface area contributed by atoms with Crippen LogP contribution >= 0.6 is 0 Å². The van der Waals surface area contributed by atoms with Crippen molar-refractivity contribution in [2.75, 3.05) is 0 Å². The molecular formula is H3LiO3Zn. The fraction of sp³-hybridized carbons (Fsp3) is 0. The zero-order chi connectivity index (χ0) is 0. The number of hydrogen-bond donors (Lipinski definition) is 0. The third kappa shape index (κ3) is 40.5. The molecule has 0 unspecified atom stereocenters. The molecule has 0 aliphatic carbocycles. The van der Waals surface area contributed by atoms with E-state index in [2.05, 4.69) is 0 Å². The predicted octanol–water partition coefficient (Wildman–Crippen LogP) is -3.53. The maximum atomic E-state index is 0. The summed E-state index contributed by atoms with van der Waals surface area (Å²) in [5.41, 5.74) is 0. The topological polar surface area (TPSA) is 90.0 Å². The predicted molar refractivity (Wildman–Crippen MR) is 5.81 cm³/mol. The van der Waals surface area contributed by atoms with E-state index in [1.54, 1.807) is 0 Å². The molecule has 0 aliphatic rings. The van der Waals surface area contributed by atoms with Gasteiger partial charge in [-0.2, -0.15) is 0 Å². The van der Waals surface area contributed by atoms with E-state index in [1.807, 2.05) is 0 Å². The first-order chi connectivity index (χ1) is 0. The molecule has 0 aliphatic heterocycles. The molecule has 0 aromatic carbocycles. The molecule has 0 aromatic rings. The van der Waals surface area contributed by atoms with Gasteiger partial charge in [0.05, 0.1) is 0 Å². The normalized spacial score (nSPS) is 0. The quantitative estimate of drug-likeness (QED) is 0.313. The Kier molecular flexibility index (Phi) is 1850. The molecule has 0 fully saturated rings. The minimum absolute atomic E-state index is 0. The summed E-state index contributed by atoms with van der Waals surface area (Å²) in [5, 5.41) is 0. The van der Waals surface area contributed by atoms with Gasteiger partial charge in [0.25, 0.3) is 0 Å². The monoisotopic (exact) mass is 122 g/mol. The second-order valence-electron chi connectivity index (χ2n) is 0. The average Bonchev–Trinajstić information content (AvgIpc) is 0. The smallest absolute Gasteiger partial charge is 0.870 e. The van der Waals surface area contributed by atoms with Crippen LogP contribution in [0.15, 0.2) is 0 Å². The molecule has 24 valence electrons. The van der Waals surface area contributed by atoms with Gasteiger partial charge < -0.3 is 16.4 Å². The Morgan fingerprint density at radius 3 is 0.600 bits per heavy atom. The summed E-state index contributed by atoms with van der Waals surface area (Å²) >= 11 is 0. The van der Waals surface area contributed by atoms with E-state index in [0.29, 0.717) is 0 Å². The minimum atomic E-state index is 0. The van der Waals surface area contributed by atoms with Crippen molar-refractivity contribution < 1.29 is 54.8 Å². The van der Waals surface area contributed by atoms with Crippen LogP contribution in [0.5, 0.6) is 0 Å². The van der Waals surface area contributed by atoms with Gasteiger partial charge in [-0.25, -0.2) is 0 Å². The molecule has 5 heteroatoms. The van der Waals surface area contributed by atoms with E-state index < -0.39 is 0 Å². The van der Waals surface area contributed by atoms with Crippen molar-refractivity contribution in [1.82, 2.24) is 0 Å². The van der Waals surface area contributed by atoms with Crippen LogP contribution in [0.2, 0.25) is 0 Å². The Labute approximate surface area is 55.0 Å². The molecular weight excluding hydrogens is 120 g/mol. The fourth-order valence-electron chi connectivity index (χ4n) is 0. The average molecular weight is 123 g/mol. The van der Waals surface area contributed by atoms with E-state index >= 15 is 0 Å². The van der Waals surface area contributed by atoms with Gasteiger partial charge in [0, 0.05) is 0 Å². The van der Waals surface area contributed by atoms with Crippen LogP contribution in [0.25, 0.3) is 0 Å². The first kappa shape index (κ1) is 131. The fourth-order valence-corrected chi connectivity index (χ4v) is 0. The van der Waals surface area contributed by atoms with Gasteiger partial charge in [0.2, 0.25) is 0 Å². The third-order valence-corrected chi connectivity index (χ3v) is 0. The Balaban J connectivity index is 0. The Morgan fingerprint density at radius 2 is 0.600 bits per heavy atom. The van der Waals surface area contributed by atoms with Crippen molar-refractivity contribution in [2.45, 2.75) is 0 Å². The zero-order valence-corrected chi connectivity index (χ0v) is 6.02. The molecule has 0 saturated carbocycles. The summed E-state index contributed by atoms with van der Waals surface area (Å²) in [6.45, 7) is 0. The van der Waals surface area contributed by atoms with E-state index in [0.717, 1.165) is 0 Å². The molecule has 0 spiro atoms. The Hall–Kier alpha value is 1.10.